The summed E-state index contributed by atoms with van der Waals surface area (Å²) in [6.07, 6.45) is 0.146. The van der Waals surface area contributed by atoms with Gasteiger partial charge in [-0.3, -0.25) is 4.90 Å². The third kappa shape index (κ3) is 4.21. The first-order valence-corrected chi connectivity index (χ1v) is 10.1. The molecule has 1 aromatic carbocycles. The summed E-state index contributed by atoms with van der Waals surface area (Å²) in [5.41, 5.74) is -0.897. The van der Waals surface area contributed by atoms with Crippen molar-refractivity contribution in [1.82, 2.24) is 10.1 Å². The predicted molar refractivity (Wildman–Crippen MR) is 108 cm³/mol. The van der Waals surface area contributed by atoms with Crippen molar-refractivity contribution in [1.29, 1.82) is 5.26 Å². The van der Waals surface area contributed by atoms with Crippen LogP contribution in [0.25, 0.3) is 0 Å². The Labute approximate surface area is 183 Å². The molecule has 0 bridgehead atoms. The average Bonchev–Trinajstić information content (AvgIpc) is 3.14. The molecule has 2 aliphatic rings. The number of halogens is 1. The first kappa shape index (κ1) is 21.5. The maximum absolute atomic E-state index is 14.7. The lowest BCUT2D eigenvalue weighted by molar-refractivity contribution is 0.0555. The van der Waals surface area contributed by atoms with E-state index in [2.05, 4.69) is 16.2 Å². The van der Waals surface area contributed by atoms with Gasteiger partial charge in [-0.05, 0) is 50.9 Å². The van der Waals surface area contributed by atoms with Gasteiger partial charge in [0.15, 0.2) is 0 Å². The van der Waals surface area contributed by atoms with Crippen molar-refractivity contribution in [3.8, 4) is 6.07 Å². The molecular formula is C21H22FN5O5. The zero-order valence-corrected chi connectivity index (χ0v) is 17.9. The summed E-state index contributed by atoms with van der Waals surface area (Å²) in [7, 11) is 0. The van der Waals surface area contributed by atoms with E-state index in [4.69, 9.17) is 14.0 Å². The Kier molecular flexibility index (Phi) is 5.24. The first-order valence-electron chi connectivity index (χ1n) is 10.1. The van der Waals surface area contributed by atoms with Crippen molar-refractivity contribution in [2.24, 2.45) is 0 Å². The van der Waals surface area contributed by atoms with Crippen molar-refractivity contribution < 1.29 is 28.0 Å². The normalized spacial score (nSPS) is 19.3. The molecule has 0 spiro atoms. The minimum Gasteiger partial charge on any atom is -0.443 e. The molecule has 1 saturated carbocycles. The van der Waals surface area contributed by atoms with Crippen LogP contribution in [-0.4, -0.2) is 47.1 Å². The second kappa shape index (κ2) is 7.78. The van der Waals surface area contributed by atoms with Gasteiger partial charge >= 0.3 is 12.2 Å². The second-order valence-corrected chi connectivity index (χ2v) is 8.80. The van der Waals surface area contributed by atoms with E-state index in [9.17, 15) is 19.2 Å². The smallest absolute Gasteiger partial charge is 0.417 e. The lowest BCUT2D eigenvalue weighted by Gasteiger charge is -2.26. The highest BCUT2D eigenvalue weighted by Crippen LogP contribution is 2.48. The second-order valence-electron chi connectivity index (χ2n) is 8.80. The van der Waals surface area contributed by atoms with Crippen LogP contribution in [0.4, 0.5) is 25.6 Å². The lowest BCUT2D eigenvalue weighted by Crippen LogP contribution is -2.43. The van der Waals surface area contributed by atoms with Gasteiger partial charge in [-0.15, -0.1) is 0 Å². The van der Waals surface area contributed by atoms with Gasteiger partial charge in [-0.1, -0.05) is 6.07 Å². The summed E-state index contributed by atoms with van der Waals surface area (Å²) >= 11 is 0. The number of hydrogen-bond acceptors (Lipinski definition) is 8. The standard InChI is InChI=1S/C21H22FN5O5/c1-20(2,3)32-19(29)27(17-24-12-30-25-17)10-14-9-26(18(28)31-14)13-4-5-15(16(22)8-13)21(11-23)6-7-21/h4-5,8,12,14H,6-7,9-10H2,1-3H3/t14-/m1/s1. The molecule has 0 unspecified atom stereocenters. The average molecular weight is 443 g/mol. The van der Waals surface area contributed by atoms with E-state index in [1.54, 1.807) is 26.8 Å². The van der Waals surface area contributed by atoms with Gasteiger partial charge in [0.25, 0.3) is 5.95 Å². The number of cyclic esters (lactones) is 1. The van der Waals surface area contributed by atoms with Crippen LogP contribution < -0.4 is 9.80 Å². The predicted octanol–water partition coefficient (Wildman–Crippen LogP) is 3.53. The largest absolute Gasteiger partial charge is 0.443 e. The third-order valence-electron chi connectivity index (χ3n) is 5.21. The Morgan fingerprint density at radius 2 is 2.19 bits per heavy atom. The zero-order valence-electron chi connectivity index (χ0n) is 17.9. The van der Waals surface area contributed by atoms with Crippen LogP contribution in [0.15, 0.2) is 29.1 Å². The van der Waals surface area contributed by atoms with Gasteiger partial charge in [0.1, 0.15) is 17.5 Å². The molecule has 2 amide bonds. The minimum atomic E-state index is -0.769. The number of nitriles is 1. The summed E-state index contributed by atoms with van der Waals surface area (Å²) in [5, 5.41) is 13.0. The highest BCUT2D eigenvalue weighted by molar-refractivity contribution is 5.90. The molecule has 0 N–H and O–H groups in total. The van der Waals surface area contributed by atoms with E-state index in [0.717, 1.165) is 11.3 Å². The van der Waals surface area contributed by atoms with Crippen LogP contribution in [0, 0.1) is 17.1 Å². The zero-order chi connectivity index (χ0) is 23.1. The molecule has 2 aromatic rings. The Balaban J connectivity index is 1.50. The van der Waals surface area contributed by atoms with Crippen molar-refractivity contribution >= 4 is 23.8 Å². The van der Waals surface area contributed by atoms with Gasteiger partial charge in [-0.25, -0.2) is 18.9 Å². The molecule has 1 aromatic heterocycles. The molecule has 4 rings (SSSR count). The van der Waals surface area contributed by atoms with Gasteiger partial charge in [0.2, 0.25) is 6.39 Å². The van der Waals surface area contributed by atoms with Crippen LogP contribution in [0.1, 0.15) is 39.2 Å². The Hall–Kier alpha value is -3.68. The number of anilines is 2. The summed E-state index contributed by atoms with van der Waals surface area (Å²) < 4.78 is 30.2. The Morgan fingerprint density at radius 1 is 1.44 bits per heavy atom. The van der Waals surface area contributed by atoms with E-state index in [1.807, 2.05) is 0 Å². The maximum Gasteiger partial charge on any atom is 0.417 e. The van der Waals surface area contributed by atoms with Crippen molar-refractivity contribution in [3.05, 3.63) is 36.0 Å². The highest BCUT2D eigenvalue weighted by Gasteiger charge is 2.47. The van der Waals surface area contributed by atoms with Gasteiger partial charge in [-0.2, -0.15) is 10.2 Å². The fourth-order valence-electron chi connectivity index (χ4n) is 3.50. The first-order chi connectivity index (χ1) is 15.1. The number of hydrogen-bond donors (Lipinski definition) is 0. The van der Waals surface area contributed by atoms with E-state index >= 15 is 0 Å². The summed E-state index contributed by atoms with van der Waals surface area (Å²) in [6.45, 7) is 5.12. The topological polar surface area (TPSA) is 122 Å². The Morgan fingerprint density at radius 3 is 2.75 bits per heavy atom. The molecule has 1 aliphatic carbocycles. The van der Waals surface area contributed by atoms with Crippen molar-refractivity contribution in [2.75, 3.05) is 22.9 Å². The van der Waals surface area contributed by atoms with Crippen LogP contribution in [0.5, 0.6) is 0 Å². The SMILES string of the molecule is CC(C)(C)OC(=O)N(C[C@H]1CN(c2ccc(C3(C#N)CC3)c(F)c2)C(=O)O1)c1ncon1. The van der Waals surface area contributed by atoms with E-state index < -0.39 is 35.1 Å². The van der Waals surface area contributed by atoms with Crippen LogP contribution >= 0.6 is 0 Å². The molecule has 32 heavy (non-hydrogen) atoms. The number of carbonyl (C=O) groups excluding carboxylic acids is 2. The molecular weight excluding hydrogens is 421 g/mol. The fraction of sp³-hybridized carbons (Fsp3) is 0.476. The quantitative estimate of drug-likeness (QED) is 0.688. The van der Waals surface area contributed by atoms with Crippen LogP contribution in [0.3, 0.4) is 0 Å². The van der Waals surface area contributed by atoms with E-state index in [0.29, 0.717) is 24.1 Å². The van der Waals surface area contributed by atoms with Gasteiger partial charge in [0.05, 0.1) is 30.3 Å². The molecule has 0 radical (unpaired) electrons. The number of benzene rings is 1. The third-order valence-corrected chi connectivity index (χ3v) is 5.21. The molecule has 1 aliphatic heterocycles. The number of nitrogens with zero attached hydrogens (tertiary/aromatic N) is 5. The molecule has 168 valence electrons. The van der Waals surface area contributed by atoms with E-state index in [1.165, 1.54) is 17.0 Å². The molecule has 2 fully saturated rings. The van der Waals surface area contributed by atoms with Gasteiger partial charge in [0, 0.05) is 5.56 Å². The maximum atomic E-state index is 14.7. The number of aromatic nitrogens is 2. The van der Waals surface area contributed by atoms with Crippen LogP contribution in [0.2, 0.25) is 0 Å². The lowest BCUT2D eigenvalue weighted by atomic mass is 9.97. The van der Waals surface area contributed by atoms with Crippen molar-refractivity contribution in [3.63, 3.8) is 0 Å². The fourth-order valence-corrected chi connectivity index (χ4v) is 3.50. The highest BCUT2D eigenvalue weighted by atomic mass is 19.1. The molecule has 1 atom stereocenters. The van der Waals surface area contributed by atoms with Crippen LogP contribution in [-0.2, 0) is 14.9 Å². The summed E-state index contributed by atoms with van der Waals surface area (Å²) in [5.74, 6) is -0.574. The van der Waals surface area contributed by atoms with E-state index in [-0.39, 0.29) is 19.0 Å². The number of amides is 2. The minimum absolute atomic E-state index is 0.0321. The summed E-state index contributed by atoms with van der Waals surface area (Å²) in [6, 6.07) is 6.51. The molecule has 10 nitrogen and oxygen atoms in total. The monoisotopic (exact) mass is 443 g/mol. The molecule has 2 heterocycles. The molecule has 11 heteroatoms. The number of ether oxygens (including phenoxy) is 2. The van der Waals surface area contributed by atoms with Gasteiger partial charge < -0.3 is 14.0 Å². The number of rotatable bonds is 5. The molecule has 1 saturated heterocycles. The van der Waals surface area contributed by atoms with Crippen molar-refractivity contribution in [2.45, 2.75) is 50.7 Å². The summed E-state index contributed by atoms with van der Waals surface area (Å²) in [4.78, 5) is 31.4. The number of carbonyl (C=O) groups is 2. The Bertz CT molecular complexity index is 1070.